The fourth-order valence-corrected chi connectivity index (χ4v) is 4.09. The first-order valence-electron chi connectivity index (χ1n) is 12.3. The van der Waals surface area contributed by atoms with E-state index in [1.54, 1.807) is 6.07 Å². The number of hydrogen-bond donors (Lipinski definition) is 3. The first kappa shape index (κ1) is 30.3. The third-order valence-corrected chi connectivity index (χ3v) is 6.09. The third kappa shape index (κ3) is 7.90. The Kier molecular flexibility index (Phi) is 9.67. The SMILES string of the molecule is Cc1nc2c(C(=O)O)cc(-c3ccc(-c4ccccc4CN(C)CCN(C)C)cc3)cc2[nH]1.O=C(O)C(F)(F)F. The molecule has 0 aliphatic heterocycles. The van der Waals surface area contributed by atoms with Gasteiger partial charge in [-0.15, -0.1) is 0 Å². The zero-order chi connectivity index (χ0) is 29.6. The topological polar surface area (TPSA) is 110 Å². The lowest BCUT2D eigenvalue weighted by molar-refractivity contribution is -0.192. The summed E-state index contributed by atoms with van der Waals surface area (Å²) in [6.07, 6.45) is -5.08. The lowest BCUT2D eigenvalue weighted by Crippen LogP contribution is -2.28. The number of aliphatic carboxylic acids is 1. The highest BCUT2D eigenvalue weighted by atomic mass is 19.4. The van der Waals surface area contributed by atoms with Gasteiger partial charge in [0.15, 0.2) is 0 Å². The molecule has 3 aromatic carbocycles. The van der Waals surface area contributed by atoms with Crippen molar-refractivity contribution < 1.29 is 33.0 Å². The summed E-state index contributed by atoms with van der Waals surface area (Å²) < 4.78 is 31.7. The van der Waals surface area contributed by atoms with Gasteiger partial charge >= 0.3 is 18.1 Å². The largest absolute Gasteiger partial charge is 0.490 e. The Labute approximate surface area is 229 Å². The van der Waals surface area contributed by atoms with Gasteiger partial charge < -0.3 is 25.0 Å². The van der Waals surface area contributed by atoms with Crippen molar-refractivity contribution in [3.8, 4) is 22.3 Å². The van der Waals surface area contributed by atoms with Crippen LogP contribution in [0.5, 0.6) is 0 Å². The number of hydrogen-bond acceptors (Lipinski definition) is 5. The van der Waals surface area contributed by atoms with E-state index in [0.29, 0.717) is 11.3 Å². The molecule has 11 heteroatoms. The highest BCUT2D eigenvalue weighted by molar-refractivity contribution is 6.03. The van der Waals surface area contributed by atoms with Crippen LogP contribution in [-0.2, 0) is 11.3 Å². The number of aromatic amines is 1. The molecule has 0 aliphatic carbocycles. The highest BCUT2D eigenvalue weighted by Gasteiger charge is 2.38. The van der Waals surface area contributed by atoms with Crippen molar-refractivity contribution >= 4 is 23.0 Å². The van der Waals surface area contributed by atoms with Crippen molar-refractivity contribution in [2.75, 3.05) is 34.2 Å². The molecule has 0 aliphatic rings. The molecule has 0 radical (unpaired) electrons. The van der Waals surface area contributed by atoms with Gasteiger partial charge in [-0.1, -0.05) is 48.5 Å². The van der Waals surface area contributed by atoms with Crippen LogP contribution in [0.15, 0.2) is 60.7 Å². The van der Waals surface area contributed by atoms with Crippen molar-refractivity contribution in [1.82, 2.24) is 19.8 Å². The Balaban J connectivity index is 0.000000559. The summed E-state index contributed by atoms with van der Waals surface area (Å²) in [7, 11) is 6.33. The first-order valence-corrected chi connectivity index (χ1v) is 12.3. The molecular weight excluding hydrogens is 525 g/mol. The molecule has 40 heavy (non-hydrogen) atoms. The van der Waals surface area contributed by atoms with Gasteiger partial charge in [0.1, 0.15) is 11.3 Å². The molecule has 0 saturated carbocycles. The van der Waals surface area contributed by atoms with E-state index < -0.39 is 18.1 Å². The summed E-state index contributed by atoms with van der Waals surface area (Å²) >= 11 is 0. The van der Waals surface area contributed by atoms with Crippen molar-refractivity contribution in [2.24, 2.45) is 0 Å². The van der Waals surface area contributed by atoms with E-state index in [1.165, 1.54) is 11.1 Å². The number of fused-ring (bicyclic) bond motifs is 1. The molecule has 4 aromatic rings. The first-order chi connectivity index (χ1) is 18.8. The summed E-state index contributed by atoms with van der Waals surface area (Å²) in [5.41, 5.74) is 6.91. The van der Waals surface area contributed by atoms with Crippen LogP contribution < -0.4 is 0 Å². The molecule has 212 valence electrons. The molecule has 0 fully saturated rings. The van der Waals surface area contributed by atoms with Crippen molar-refractivity contribution in [3.05, 3.63) is 77.6 Å². The fraction of sp³-hybridized carbons (Fsp3) is 0.276. The Morgan fingerprint density at radius 3 is 2.08 bits per heavy atom. The molecular formula is C29H31F3N4O4. The van der Waals surface area contributed by atoms with Gasteiger partial charge in [0.2, 0.25) is 0 Å². The van der Waals surface area contributed by atoms with E-state index in [9.17, 15) is 23.1 Å². The van der Waals surface area contributed by atoms with Crippen molar-refractivity contribution in [3.63, 3.8) is 0 Å². The van der Waals surface area contributed by atoms with E-state index in [4.69, 9.17) is 9.90 Å². The number of benzene rings is 3. The number of nitrogens with one attached hydrogen (secondary N) is 1. The van der Waals surface area contributed by atoms with E-state index >= 15 is 0 Å². The molecule has 1 heterocycles. The molecule has 0 bridgehead atoms. The van der Waals surface area contributed by atoms with Crippen molar-refractivity contribution in [1.29, 1.82) is 0 Å². The highest BCUT2D eigenvalue weighted by Crippen LogP contribution is 2.30. The van der Waals surface area contributed by atoms with Crippen molar-refractivity contribution in [2.45, 2.75) is 19.6 Å². The number of H-pyrrole nitrogens is 1. The molecule has 4 rings (SSSR count). The number of carboxylic acids is 2. The number of aromatic carboxylic acids is 1. The number of alkyl halides is 3. The molecule has 0 atom stereocenters. The summed E-state index contributed by atoms with van der Waals surface area (Å²) in [6.45, 7) is 4.73. The summed E-state index contributed by atoms with van der Waals surface area (Å²) in [5, 5.41) is 16.8. The number of carbonyl (C=O) groups is 2. The Morgan fingerprint density at radius 2 is 1.50 bits per heavy atom. The number of aromatic nitrogens is 2. The van der Waals surface area contributed by atoms with Crippen LogP contribution in [0.3, 0.4) is 0 Å². The number of rotatable bonds is 8. The molecule has 0 saturated heterocycles. The normalized spacial score (nSPS) is 11.5. The van der Waals surface area contributed by atoms with E-state index in [1.807, 2.05) is 13.0 Å². The second kappa shape index (κ2) is 12.8. The zero-order valence-electron chi connectivity index (χ0n) is 22.6. The lowest BCUT2D eigenvalue weighted by Gasteiger charge is -2.21. The third-order valence-electron chi connectivity index (χ3n) is 6.09. The van der Waals surface area contributed by atoms with Gasteiger partial charge in [0.25, 0.3) is 0 Å². The van der Waals surface area contributed by atoms with Gasteiger partial charge in [0, 0.05) is 19.6 Å². The van der Waals surface area contributed by atoms with Crippen LogP contribution in [0.25, 0.3) is 33.3 Å². The molecule has 1 aromatic heterocycles. The van der Waals surface area contributed by atoms with E-state index in [-0.39, 0.29) is 5.56 Å². The summed E-state index contributed by atoms with van der Waals surface area (Å²) in [6, 6.07) is 20.5. The Hall–Kier alpha value is -4.22. The molecule has 3 N–H and O–H groups in total. The lowest BCUT2D eigenvalue weighted by atomic mass is 9.96. The van der Waals surface area contributed by atoms with Gasteiger partial charge in [0.05, 0.1) is 11.1 Å². The maximum atomic E-state index is 11.8. The number of imidazole rings is 1. The van der Waals surface area contributed by atoms with Gasteiger partial charge in [-0.25, -0.2) is 14.6 Å². The molecule has 0 amide bonds. The maximum Gasteiger partial charge on any atom is 0.490 e. The average molecular weight is 557 g/mol. The van der Waals surface area contributed by atoms with Crippen LogP contribution in [-0.4, -0.2) is 82.3 Å². The number of likely N-dealkylation sites (N-methyl/N-ethyl adjacent to an activating group) is 2. The van der Waals surface area contributed by atoms with Crippen LogP contribution >= 0.6 is 0 Å². The Morgan fingerprint density at radius 1 is 0.900 bits per heavy atom. The van der Waals surface area contributed by atoms with Gasteiger partial charge in [-0.3, -0.25) is 0 Å². The maximum absolute atomic E-state index is 11.8. The number of carboxylic acid groups (broad SMARTS) is 2. The van der Waals surface area contributed by atoms with Gasteiger partial charge in [-0.2, -0.15) is 13.2 Å². The predicted molar refractivity (Wildman–Crippen MR) is 147 cm³/mol. The quantitative estimate of drug-likeness (QED) is 0.262. The van der Waals surface area contributed by atoms with Crippen LogP contribution in [0.2, 0.25) is 0 Å². The van der Waals surface area contributed by atoms with Crippen LogP contribution in [0, 0.1) is 6.92 Å². The minimum Gasteiger partial charge on any atom is -0.478 e. The molecule has 8 nitrogen and oxygen atoms in total. The predicted octanol–water partition coefficient (Wildman–Crippen LogP) is 5.53. The van der Waals surface area contributed by atoms with Crippen LogP contribution in [0.4, 0.5) is 13.2 Å². The monoisotopic (exact) mass is 556 g/mol. The fourth-order valence-electron chi connectivity index (χ4n) is 4.09. The second-order valence-corrected chi connectivity index (χ2v) is 9.63. The molecule has 0 unspecified atom stereocenters. The number of nitrogens with zero attached hydrogens (tertiary/aromatic N) is 3. The van der Waals surface area contributed by atoms with Crippen LogP contribution in [0.1, 0.15) is 21.7 Å². The zero-order valence-corrected chi connectivity index (χ0v) is 22.6. The Bertz CT molecular complexity index is 1480. The smallest absolute Gasteiger partial charge is 0.478 e. The van der Waals surface area contributed by atoms with E-state index in [0.717, 1.165) is 41.8 Å². The van der Waals surface area contributed by atoms with Gasteiger partial charge in [-0.05, 0) is 68.0 Å². The minimum atomic E-state index is -5.08. The summed E-state index contributed by atoms with van der Waals surface area (Å²) in [5.74, 6) is -3.03. The molecule has 0 spiro atoms. The van der Waals surface area contributed by atoms with E-state index in [2.05, 4.69) is 89.4 Å². The standard InChI is InChI=1S/C27H30N4O2.C2HF3O2/c1-18-28-25-16-22(15-24(27(32)33)26(25)29-18)19-9-11-20(12-10-19)23-8-6-5-7-21(23)17-31(4)14-13-30(2)3;3-2(4,5)1(6)7/h5-12,15-16H,13-14,17H2,1-4H3,(H,28,29)(H,32,33);(H,6,7). The average Bonchev–Trinajstić information content (AvgIpc) is 3.27. The summed E-state index contributed by atoms with van der Waals surface area (Å²) in [4.78, 5) is 32.7. The number of halogens is 3. The second-order valence-electron chi connectivity index (χ2n) is 9.63. The minimum absolute atomic E-state index is 0.210. The number of aryl methyl sites for hydroxylation is 1.